The van der Waals surface area contributed by atoms with Crippen LogP contribution in [0.1, 0.15) is 61.4 Å². The van der Waals surface area contributed by atoms with E-state index in [1.54, 1.807) is 40.6 Å². The van der Waals surface area contributed by atoms with Crippen molar-refractivity contribution >= 4 is 11.7 Å². The lowest BCUT2D eigenvalue weighted by Crippen LogP contribution is -2.35. The molecule has 4 aliphatic heterocycles. The maximum atomic E-state index is 13.6. The van der Waals surface area contributed by atoms with Gasteiger partial charge >= 0.3 is 5.97 Å². The second-order valence-electron chi connectivity index (χ2n) is 15.7. The number of methoxy groups -OCH3 is 4. The predicted octanol–water partition coefficient (Wildman–Crippen LogP) is 8.59. The van der Waals surface area contributed by atoms with E-state index in [1.807, 2.05) is 49.3 Å². The molecule has 6 bridgehead atoms. The molecule has 0 saturated heterocycles. The van der Waals surface area contributed by atoms with Crippen LogP contribution >= 0.6 is 0 Å². The van der Waals surface area contributed by atoms with Crippen molar-refractivity contribution in [1.82, 2.24) is 9.80 Å². The number of hydrogen-bond donors (Lipinski definition) is 0. The van der Waals surface area contributed by atoms with Crippen LogP contribution < -0.4 is 33.3 Å². The number of nitrogens with zero attached hydrogens (tertiary/aromatic N) is 3. The average Bonchev–Trinajstić information content (AvgIpc) is 3.25. The molecule has 0 aromatic heterocycles. The van der Waals surface area contributed by atoms with Gasteiger partial charge in [0.05, 0.1) is 34.0 Å². The summed E-state index contributed by atoms with van der Waals surface area (Å²) >= 11 is 0. The van der Waals surface area contributed by atoms with E-state index >= 15 is 0 Å². The molecule has 11 heteroatoms. The van der Waals surface area contributed by atoms with E-state index in [0.717, 1.165) is 59.6 Å². The third-order valence-corrected chi connectivity index (χ3v) is 12.1. The van der Waals surface area contributed by atoms with Gasteiger partial charge in [0.2, 0.25) is 5.75 Å². The summed E-state index contributed by atoms with van der Waals surface area (Å²) in [5.41, 5.74) is 8.76. The Bertz CT molecular complexity index is 2340. The first kappa shape index (κ1) is 39.9. The maximum absolute atomic E-state index is 13.6. The van der Waals surface area contributed by atoms with Crippen molar-refractivity contribution < 1.29 is 38.0 Å². The van der Waals surface area contributed by atoms with Gasteiger partial charge in [-0.1, -0.05) is 18.2 Å². The van der Waals surface area contributed by atoms with Crippen molar-refractivity contribution in [3.8, 4) is 46.0 Å². The second-order valence-corrected chi connectivity index (χ2v) is 15.7. The van der Waals surface area contributed by atoms with E-state index in [2.05, 4.69) is 60.3 Å². The number of benzene rings is 5. The van der Waals surface area contributed by atoms with Gasteiger partial charge in [-0.15, -0.1) is 0 Å². The smallest absolute Gasteiger partial charge is 0.338 e. The topological polar surface area (TPSA) is 91.4 Å². The lowest BCUT2D eigenvalue weighted by molar-refractivity contribution is 0.0467. The molecule has 0 aliphatic carbocycles. The van der Waals surface area contributed by atoms with Crippen molar-refractivity contribution in [1.29, 1.82) is 0 Å². The van der Waals surface area contributed by atoms with E-state index in [1.165, 1.54) is 16.7 Å². The SMILES string of the molecule is COc1ccc2cc1Oc1ccc(cc1)C[C@H]1c3cc(c(OC)cc3CCN1C)Oc1c(OC)c(OC)c(COC(=O)c3ccc(N(C)C)cc3)c3c1[C@H](C2)N(C)CC3. The van der Waals surface area contributed by atoms with E-state index < -0.39 is 5.97 Å². The molecule has 11 nitrogen and oxygen atoms in total. The molecule has 308 valence electrons. The van der Waals surface area contributed by atoms with Gasteiger partial charge in [0.25, 0.3) is 0 Å². The largest absolute Gasteiger partial charge is 0.493 e. The summed E-state index contributed by atoms with van der Waals surface area (Å²) in [5.74, 6) is 4.19. The zero-order valence-electron chi connectivity index (χ0n) is 35.2. The van der Waals surface area contributed by atoms with Gasteiger partial charge in [-0.05, 0) is 128 Å². The highest BCUT2D eigenvalue weighted by molar-refractivity contribution is 5.90. The standard InChI is InChI=1S/C48H53N3O8/c1-49(2)33-14-12-31(13-15-33)48(52)57-28-37-35-20-22-51(4)39-24-30-11-18-40(53-5)42(25-30)58-34-16-9-29(10-17-34)23-38-36-27-43(41(54-6)26-32(36)19-21-50(38)3)59-46(44(35)39)47(56-8)45(37)55-7/h9-18,25-27,38-39H,19-24,28H2,1-8H3/t38-,39-/m0/s1. The van der Waals surface area contributed by atoms with Crippen LogP contribution in [0.25, 0.3) is 0 Å². The first-order valence-electron chi connectivity index (χ1n) is 20.1. The fraction of sp³-hybridized carbons (Fsp3) is 0.354. The summed E-state index contributed by atoms with van der Waals surface area (Å²) in [5, 5.41) is 0. The average molecular weight is 800 g/mol. The minimum absolute atomic E-state index is 0.0258. The monoisotopic (exact) mass is 799 g/mol. The Labute approximate surface area is 346 Å². The quantitative estimate of drug-likeness (QED) is 0.142. The van der Waals surface area contributed by atoms with Crippen molar-refractivity contribution in [2.24, 2.45) is 0 Å². The number of fused-ring (bicyclic) bond motifs is 2. The zero-order valence-corrected chi connectivity index (χ0v) is 35.2. The van der Waals surface area contributed by atoms with Crippen LogP contribution in [0.2, 0.25) is 0 Å². The predicted molar refractivity (Wildman–Crippen MR) is 228 cm³/mol. The number of likely N-dealkylation sites (N-methyl/N-ethyl adjacent to an activating group) is 2. The number of ether oxygens (including phenoxy) is 7. The van der Waals surface area contributed by atoms with Gasteiger partial charge in [0.15, 0.2) is 34.5 Å². The normalized spacial score (nSPS) is 17.4. The molecular formula is C48H53N3O8. The highest BCUT2D eigenvalue weighted by Gasteiger charge is 2.37. The van der Waals surface area contributed by atoms with Crippen molar-refractivity contribution in [2.75, 3.05) is 74.6 Å². The van der Waals surface area contributed by atoms with Crippen LogP contribution in [0.4, 0.5) is 5.69 Å². The molecule has 0 fully saturated rings. The number of hydrogen-bond acceptors (Lipinski definition) is 11. The Balaban J connectivity index is 1.32. The van der Waals surface area contributed by atoms with Crippen LogP contribution in [-0.4, -0.2) is 85.5 Å². The molecule has 9 rings (SSSR count). The molecular weight excluding hydrogens is 747 g/mol. The maximum Gasteiger partial charge on any atom is 0.338 e. The number of esters is 1. The lowest BCUT2D eigenvalue weighted by Gasteiger charge is -2.38. The molecule has 4 aliphatic rings. The molecule has 0 saturated carbocycles. The Morgan fingerprint density at radius 2 is 1.37 bits per heavy atom. The second kappa shape index (κ2) is 16.8. The fourth-order valence-electron chi connectivity index (χ4n) is 8.78. The van der Waals surface area contributed by atoms with Crippen LogP contribution in [0.3, 0.4) is 0 Å². The van der Waals surface area contributed by atoms with Gasteiger partial charge < -0.3 is 38.1 Å². The Morgan fingerprint density at radius 1 is 0.712 bits per heavy atom. The van der Waals surface area contributed by atoms with E-state index in [0.29, 0.717) is 58.7 Å². The van der Waals surface area contributed by atoms with Crippen LogP contribution in [0, 0.1) is 0 Å². The molecule has 5 aromatic rings. The van der Waals surface area contributed by atoms with Gasteiger partial charge in [-0.3, -0.25) is 9.80 Å². The summed E-state index contributed by atoms with van der Waals surface area (Å²) in [6, 6.07) is 26.0. The van der Waals surface area contributed by atoms with Gasteiger partial charge in [0.1, 0.15) is 12.4 Å². The van der Waals surface area contributed by atoms with Gasteiger partial charge in [-0.25, -0.2) is 4.79 Å². The van der Waals surface area contributed by atoms with Crippen molar-refractivity contribution in [3.05, 3.63) is 123 Å². The van der Waals surface area contributed by atoms with Gasteiger partial charge in [-0.2, -0.15) is 0 Å². The zero-order chi connectivity index (χ0) is 41.4. The van der Waals surface area contributed by atoms with Crippen LogP contribution in [0.15, 0.2) is 78.9 Å². The molecule has 0 amide bonds. The lowest BCUT2D eigenvalue weighted by atomic mass is 9.84. The Kier molecular flexibility index (Phi) is 11.3. The molecule has 0 spiro atoms. The fourth-order valence-corrected chi connectivity index (χ4v) is 8.78. The van der Waals surface area contributed by atoms with E-state index in [4.69, 9.17) is 33.2 Å². The molecule has 59 heavy (non-hydrogen) atoms. The number of carbonyl (C=O) groups excluding carboxylic acids is 1. The molecule has 0 N–H and O–H groups in total. The summed E-state index contributed by atoms with van der Waals surface area (Å²) in [6.07, 6.45) is 2.93. The van der Waals surface area contributed by atoms with E-state index in [9.17, 15) is 4.79 Å². The molecule has 0 unspecified atom stereocenters. The van der Waals surface area contributed by atoms with Crippen LogP contribution in [-0.2, 0) is 37.0 Å². The Hall–Kier alpha value is -5.91. The molecule has 0 radical (unpaired) electrons. The number of carbonyl (C=O) groups is 1. The summed E-state index contributed by atoms with van der Waals surface area (Å²) in [6.45, 7) is 1.63. The third kappa shape index (κ3) is 7.72. The highest BCUT2D eigenvalue weighted by Crippen LogP contribution is 2.54. The first-order chi connectivity index (χ1) is 28.6. The summed E-state index contributed by atoms with van der Waals surface area (Å²) < 4.78 is 44.1. The number of rotatable bonds is 8. The first-order valence-corrected chi connectivity index (χ1v) is 20.1. The minimum Gasteiger partial charge on any atom is -0.493 e. The summed E-state index contributed by atoms with van der Waals surface area (Å²) in [4.78, 5) is 20.3. The molecule has 4 heterocycles. The Morgan fingerprint density at radius 3 is 2.07 bits per heavy atom. The van der Waals surface area contributed by atoms with E-state index in [-0.39, 0.29) is 18.7 Å². The molecule has 2 atom stereocenters. The molecule has 5 aromatic carbocycles. The van der Waals surface area contributed by atoms with Crippen molar-refractivity contribution in [2.45, 2.75) is 44.4 Å². The van der Waals surface area contributed by atoms with Gasteiger partial charge in [0, 0.05) is 56.1 Å². The third-order valence-electron chi connectivity index (χ3n) is 12.1. The van der Waals surface area contributed by atoms with Crippen molar-refractivity contribution in [3.63, 3.8) is 0 Å². The summed E-state index contributed by atoms with van der Waals surface area (Å²) in [7, 11) is 14.8. The van der Waals surface area contributed by atoms with Crippen LogP contribution in [0.5, 0.6) is 46.0 Å². The minimum atomic E-state index is -0.429. The number of anilines is 1. The highest BCUT2D eigenvalue weighted by atomic mass is 16.6.